The fourth-order valence-electron chi connectivity index (χ4n) is 1.79. The van der Waals surface area contributed by atoms with Gasteiger partial charge >= 0.3 is 0 Å². The molecule has 0 aliphatic carbocycles. The molecule has 0 saturated heterocycles. The van der Waals surface area contributed by atoms with E-state index in [4.69, 9.17) is 11.5 Å². The lowest BCUT2D eigenvalue weighted by molar-refractivity contribution is -0.117. The molecule has 0 aromatic carbocycles. The minimum atomic E-state index is -0.201. The Morgan fingerprint density at radius 3 is 1.78 bits per heavy atom. The van der Waals surface area contributed by atoms with E-state index < -0.39 is 0 Å². The first-order valence-corrected chi connectivity index (χ1v) is 6.79. The fourth-order valence-corrected chi connectivity index (χ4v) is 1.79. The Balaban J connectivity index is 0. The molecule has 0 atom stereocenters. The van der Waals surface area contributed by atoms with Gasteiger partial charge in [0.2, 0.25) is 5.91 Å². The summed E-state index contributed by atoms with van der Waals surface area (Å²) in [7, 11) is 0. The van der Waals surface area contributed by atoms with Gasteiger partial charge in [-0.15, -0.1) is 12.4 Å². The third-order valence-electron chi connectivity index (χ3n) is 2.75. The summed E-state index contributed by atoms with van der Waals surface area (Å²) >= 11 is 0. The standard InChI is InChI=1S/C13H27N3O.ClH/c1-2-3-4-5-6-7-8-9-10-11-12(17)16-13(14)15;/h2-11H2,1H3,(H4,14,15,16,17);1H. The number of aliphatic imine (C=N–C) groups is 1. The Morgan fingerprint density at radius 2 is 1.33 bits per heavy atom. The van der Waals surface area contributed by atoms with Gasteiger partial charge in [-0.1, -0.05) is 58.3 Å². The van der Waals surface area contributed by atoms with Crippen LogP contribution in [0.15, 0.2) is 4.99 Å². The molecule has 0 aromatic heterocycles. The van der Waals surface area contributed by atoms with Crippen LogP contribution in [0.2, 0.25) is 0 Å². The maximum absolute atomic E-state index is 11.1. The van der Waals surface area contributed by atoms with Crippen LogP contribution in [0.4, 0.5) is 0 Å². The molecule has 0 unspecified atom stereocenters. The van der Waals surface area contributed by atoms with Crippen molar-refractivity contribution >= 4 is 24.3 Å². The number of halogens is 1. The number of nitrogens with two attached hydrogens (primary N) is 2. The average Bonchev–Trinajstić information content (AvgIpc) is 2.26. The molecule has 108 valence electrons. The number of amides is 1. The predicted octanol–water partition coefficient (Wildman–Crippen LogP) is 3.13. The number of unbranched alkanes of at least 4 members (excludes halogenated alkanes) is 8. The highest BCUT2D eigenvalue weighted by Crippen LogP contribution is 2.10. The molecule has 0 aliphatic heterocycles. The molecule has 0 spiro atoms. The van der Waals surface area contributed by atoms with E-state index in [1.807, 2.05) is 0 Å². The molecule has 0 aliphatic rings. The molecule has 1 amide bonds. The Bertz CT molecular complexity index is 228. The van der Waals surface area contributed by atoms with E-state index in [0.29, 0.717) is 6.42 Å². The molecule has 18 heavy (non-hydrogen) atoms. The molecular weight excluding hydrogens is 250 g/mol. The van der Waals surface area contributed by atoms with Crippen LogP contribution in [0, 0.1) is 0 Å². The second kappa shape index (κ2) is 14.3. The summed E-state index contributed by atoms with van der Waals surface area (Å²) in [6.07, 6.45) is 11.6. The molecule has 5 heteroatoms. The van der Waals surface area contributed by atoms with Crippen molar-refractivity contribution in [2.24, 2.45) is 16.5 Å². The van der Waals surface area contributed by atoms with E-state index >= 15 is 0 Å². The van der Waals surface area contributed by atoms with Gasteiger partial charge in [0, 0.05) is 6.42 Å². The van der Waals surface area contributed by atoms with Gasteiger partial charge in [0.05, 0.1) is 0 Å². The largest absolute Gasteiger partial charge is 0.370 e. The highest BCUT2D eigenvalue weighted by molar-refractivity contribution is 5.91. The van der Waals surface area contributed by atoms with Crippen molar-refractivity contribution in [2.75, 3.05) is 0 Å². The second-order valence-corrected chi connectivity index (χ2v) is 4.51. The summed E-state index contributed by atoms with van der Waals surface area (Å²) in [4.78, 5) is 14.6. The van der Waals surface area contributed by atoms with Gasteiger partial charge in [-0.2, -0.15) is 4.99 Å². The molecular formula is C13H28ClN3O. The second-order valence-electron chi connectivity index (χ2n) is 4.51. The van der Waals surface area contributed by atoms with E-state index in [2.05, 4.69) is 11.9 Å². The average molecular weight is 278 g/mol. The normalized spacial score (nSPS) is 9.61. The van der Waals surface area contributed by atoms with Gasteiger partial charge in [0.1, 0.15) is 0 Å². The third-order valence-corrected chi connectivity index (χ3v) is 2.75. The van der Waals surface area contributed by atoms with Gasteiger partial charge in [-0.3, -0.25) is 4.79 Å². The smallest absolute Gasteiger partial charge is 0.248 e. The van der Waals surface area contributed by atoms with Crippen LogP contribution in [0.1, 0.15) is 71.1 Å². The first-order chi connectivity index (χ1) is 8.16. The number of rotatable bonds is 10. The van der Waals surface area contributed by atoms with Gasteiger partial charge in [0.15, 0.2) is 5.96 Å². The maximum atomic E-state index is 11.1. The van der Waals surface area contributed by atoms with Crippen LogP contribution in [0.5, 0.6) is 0 Å². The zero-order valence-corrected chi connectivity index (χ0v) is 12.3. The highest BCUT2D eigenvalue weighted by Gasteiger charge is 1.99. The summed E-state index contributed by atoms with van der Waals surface area (Å²) < 4.78 is 0. The molecule has 0 bridgehead atoms. The third kappa shape index (κ3) is 15.2. The van der Waals surface area contributed by atoms with Crippen LogP contribution >= 0.6 is 12.4 Å². The van der Waals surface area contributed by atoms with Gasteiger partial charge < -0.3 is 11.5 Å². The summed E-state index contributed by atoms with van der Waals surface area (Å²) in [6, 6.07) is 0. The lowest BCUT2D eigenvalue weighted by Gasteiger charge is -2.00. The minimum Gasteiger partial charge on any atom is -0.370 e. The van der Waals surface area contributed by atoms with Crippen LogP contribution in [-0.2, 0) is 4.79 Å². The van der Waals surface area contributed by atoms with Gasteiger partial charge in [-0.05, 0) is 6.42 Å². The van der Waals surface area contributed by atoms with E-state index in [1.165, 1.54) is 44.9 Å². The molecule has 0 saturated carbocycles. The van der Waals surface area contributed by atoms with Crippen molar-refractivity contribution in [3.63, 3.8) is 0 Å². The number of hydrogen-bond acceptors (Lipinski definition) is 1. The summed E-state index contributed by atoms with van der Waals surface area (Å²) in [5.41, 5.74) is 10.2. The topological polar surface area (TPSA) is 81.5 Å². The minimum absolute atomic E-state index is 0. The molecule has 0 heterocycles. The lowest BCUT2D eigenvalue weighted by Crippen LogP contribution is -2.24. The number of carbonyl (C=O) groups excluding carboxylic acids is 1. The van der Waals surface area contributed by atoms with Crippen molar-refractivity contribution in [1.82, 2.24) is 0 Å². The maximum Gasteiger partial charge on any atom is 0.248 e. The Kier molecular flexibility index (Phi) is 15.5. The molecule has 4 N–H and O–H groups in total. The Hall–Kier alpha value is -0.770. The first-order valence-electron chi connectivity index (χ1n) is 6.79. The van der Waals surface area contributed by atoms with Crippen molar-refractivity contribution in [1.29, 1.82) is 0 Å². The number of nitrogens with zero attached hydrogens (tertiary/aromatic N) is 1. The molecule has 0 rings (SSSR count). The summed E-state index contributed by atoms with van der Waals surface area (Å²) in [6.45, 7) is 2.23. The molecule has 0 fully saturated rings. The zero-order valence-electron chi connectivity index (χ0n) is 11.5. The van der Waals surface area contributed by atoms with Gasteiger partial charge in [0.25, 0.3) is 0 Å². The Morgan fingerprint density at radius 1 is 0.889 bits per heavy atom. The van der Waals surface area contributed by atoms with Crippen molar-refractivity contribution in [3.05, 3.63) is 0 Å². The van der Waals surface area contributed by atoms with Crippen LogP contribution < -0.4 is 11.5 Å². The van der Waals surface area contributed by atoms with Crippen LogP contribution in [0.25, 0.3) is 0 Å². The molecule has 4 nitrogen and oxygen atoms in total. The van der Waals surface area contributed by atoms with Crippen molar-refractivity contribution in [3.8, 4) is 0 Å². The zero-order chi connectivity index (χ0) is 12.9. The van der Waals surface area contributed by atoms with Crippen molar-refractivity contribution in [2.45, 2.75) is 71.1 Å². The highest BCUT2D eigenvalue weighted by atomic mass is 35.5. The summed E-state index contributed by atoms with van der Waals surface area (Å²) in [5, 5.41) is 0. The van der Waals surface area contributed by atoms with Crippen LogP contribution in [0.3, 0.4) is 0 Å². The van der Waals surface area contributed by atoms with E-state index in [-0.39, 0.29) is 24.3 Å². The molecule has 0 radical (unpaired) electrons. The number of guanidine groups is 1. The Labute approximate surface area is 117 Å². The van der Waals surface area contributed by atoms with E-state index in [9.17, 15) is 4.79 Å². The van der Waals surface area contributed by atoms with Gasteiger partial charge in [-0.25, -0.2) is 0 Å². The number of carbonyl (C=O) groups is 1. The van der Waals surface area contributed by atoms with E-state index in [1.54, 1.807) is 0 Å². The monoisotopic (exact) mass is 277 g/mol. The predicted molar refractivity (Wildman–Crippen MR) is 79.9 cm³/mol. The van der Waals surface area contributed by atoms with Crippen molar-refractivity contribution < 1.29 is 4.79 Å². The molecule has 0 aromatic rings. The fraction of sp³-hybridized carbons (Fsp3) is 0.846. The first kappa shape index (κ1) is 19.6. The SMILES string of the molecule is CCCCCCCCCCCC(=O)N=C(N)N.Cl. The summed E-state index contributed by atoms with van der Waals surface area (Å²) in [5.74, 6) is -0.334. The quantitative estimate of drug-likeness (QED) is 0.366. The lowest BCUT2D eigenvalue weighted by atomic mass is 10.1. The van der Waals surface area contributed by atoms with E-state index in [0.717, 1.165) is 12.8 Å². The number of hydrogen-bond donors (Lipinski definition) is 2. The van der Waals surface area contributed by atoms with Crippen LogP contribution in [-0.4, -0.2) is 11.9 Å².